The van der Waals surface area contributed by atoms with Crippen molar-refractivity contribution in [1.29, 1.82) is 0 Å². The first-order valence-electron chi connectivity index (χ1n) is 7.25. The van der Waals surface area contributed by atoms with Crippen molar-refractivity contribution in [2.75, 3.05) is 16.6 Å². The van der Waals surface area contributed by atoms with Crippen LogP contribution in [0.5, 0.6) is 5.75 Å². The Kier molecular flexibility index (Phi) is 5.86. The molecule has 0 aliphatic rings. The van der Waals surface area contributed by atoms with Crippen LogP contribution in [0.1, 0.15) is 13.8 Å². The van der Waals surface area contributed by atoms with Crippen LogP contribution in [0.3, 0.4) is 0 Å². The maximum absolute atomic E-state index is 13.2. The highest BCUT2D eigenvalue weighted by Crippen LogP contribution is 2.29. The molecule has 0 saturated heterocycles. The molecule has 0 aromatic heterocycles. The lowest BCUT2D eigenvalue weighted by Crippen LogP contribution is -2.14. The molecule has 2 aromatic rings. The Morgan fingerprint density at radius 3 is 2.56 bits per heavy atom. The van der Waals surface area contributed by atoms with Gasteiger partial charge in [0, 0.05) is 6.92 Å². The van der Waals surface area contributed by atoms with E-state index in [1.54, 1.807) is 6.92 Å². The highest BCUT2D eigenvalue weighted by Gasteiger charge is 2.18. The molecule has 0 bridgehead atoms. The van der Waals surface area contributed by atoms with E-state index >= 15 is 0 Å². The molecule has 0 atom stereocenters. The number of carbonyl (C=O) groups is 1. The topological polar surface area (TPSA) is 84.5 Å². The molecule has 0 radical (unpaired) electrons. The summed E-state index contributed by atoms with van der Waals surface area (Å²) in [6, 6.07) is 7.53. The van der Waals surface area contributed by atoms with E-state index in [4.69, 9.17) is 16.3 Å². The minimum absolute atomic E-state index is 0.0971. The van der Waals surface area contributed by atoms with Gasteiger partial charge in [-0.1, -0.05) is 11.6 Å². The number of carbonyl (C=O) groups excluding carboxylic acids is 1. The lowest BCUT2D eigenvalue weighted by Gasteiger charge is -2.14. The summed E-state index contributed by atoms with van der Waals surface area (Å²) in [5.74, 6) is -0.672. The predicted molar refractivity (Wildman–Crippen MR) is 94.1 cm³/mol. The van der Waals surface area contributed by atoms with E-state index in [9.17, 15) is 17.6 Å². The highest BCUT2D eigenvalue weighted by atomic mass is 35.5. The third-order valence-electron chi connectivity index (χ3n) is 3.04. The van der Waals surface area contributed by atoms with Crippen molar-refractivity contribution in [1.82, 2.24) is 0 Å². The van der Waals surface area contributed by atoms with E-state index in [1.807, 2.05) is 0 Å². The minimum atomic E-state index is -3.97. The largest absolute Gasteiger partial charge is 0.492 e. The van der Waals surface area contributed by atoms with Crippen LogP contribution in [0.15, 0.2) is 41.3 Å². The van der Waals surface area contributed by atoms with Crippen molar-refractivity contribution in [3.05, 3.63) is 47.2 Å². The zero-order valence-electron chi connectivity index (χ0n) is 13.5. The fourth-order valence-corrected chi connectivity index (χ4v) is 3.27. The molecule has 25 heavy (non-hydrogen) atoms. The first-order valence-corrected chi connectivity index (χ1v) is 9.11. The molecule has 0 unspecified atom stereocenters. The van der Waals surface area contributed by atoms with Gasteiger partial charge in [0.2, 0.25) is 5.91 Å². The number of benzene rings is 2. The van der Waals surface area contributed by atoms with E-state index < -0.39 is 15.8 Å². The Hall–Kier alpha value is -2.32. The molecular weight excluding hydrogens is 371 g/mol. The van der Waals surface area contributed by atoms with E-state index in [1.165, 1.54) is 31.2 Å². The molecule has 0 heterocycles. The van der Waals surface area contributed by atoms with Crippen molar-refractivity contribution in [2.24, 2.45) is 0 Å². The average molecular weight is 387 g/mol. The van der Waals surface area contributed by atoms with Crippen molar-refractivity contribution < 1.29 is 22.3 Å². The summed E-state index contributed by atoms with van der Waals surface area (Å²) in [7, 11) is -3.97. The van der Waals surface area contributed by atoms with Crippen molar-refractivity contribution in [3.8, 4) is 5.75 Å². The second kappa shape index (κ2) is 7.71. The summed E-state index contributed by atoms with van der Waals surface area (Å²) in [6.45, 7) is 3.42. The number of rotatable bonds is 6. The molecule has 0 saturated carbocycles. The van der Waals surface area contributed by atoms with Crippen LogP contribution in [-0.4, -0.2) is 20.9 Å². The van der Waals surface area contributed by atoms with Crippen LogP contribution in [0.25, 0.3) is 0 Å². The van der Waals surface area contributed by atoms with Crippen molar-refractivity contribution in [3.63, 3.8) is 0 Å². The summed E-state index contributed by atoms with van der Waals surface area (Å²) < 4.78 is 45.9. The molecule has 0 aliphatic heterocycles. The maximum Gasteiger partial charge on any atom is 0.261 e. The third kappa shape index (κ3) is 4.83. The van der Waals surface area contributed by atoms with Crippen LogP contribution in [0, 0.1) is 5.82 Å². The first kappa shape index (κ1) is 19.0. The number of amides is 1. The fourth-order valence-electron chi connectivity index (χ4n) is 2.02. The van der Waals surface area contributed by atoms with Crippen LogP contribution in [0.2, 0.25) is 5.02 Å². The van der Waals surface area contributed by atoms with Crippen LogP contribution in [0.4, 0.5) is 15.8 Å². The number of sulfonamides is 1. The van der Waals surface area contributed by atoms with Gasteiger partial charge < -0.3 is 10.1 Å². The van der Waals surface area contributed by atoms with Gasteiger partial charge in [0.25, 0.3) is 10.0 Å². The summed E-state index contributed by atoms with van der Waals surface area (Å²) in [4.78, 5) is 11.2. The molecule has 2 aromatic carbocycles. The van der Waals surface area contributed by atoms with Gasteiger partial charge in [-0.2, -0.15) is 0 Å². The second-order valence-electron chi connectivity index (χ2n) is 5.01. The van der Waals surface area contributed by atoms with E-state index in [2.05, 4.69) is 10.0 Å². The molecule has 2 rings (SSSR count). The third-order valence-corrected chi connectivity index (χ3v) is 4.71. The molecule has 9 heteroatoms. The van der Waals surface area contributed by atoms with Gasteiger partial charge in [0.05, 0.1) is 27.9 Å². The van der Waals surface area contributed by atoms with Gasteiger partial charge in [-0.3, -0.25) is 9.52 Å². The Labute approximate surface area is 150 Å². The normalized spacial score (nSPS) is 11.0. The van der Waals surface area contributed by atoms with Gasteiger partial charge in [-0.15, -0.1) is 0 Å². The predicted octanol–water partition coefficient (Wildman–Crippen LogP) is 3.64. The monoisotopic (exact) mass is 386 g/mol. The van der Waals surface area contributed by atoms with Gasteiger partial charge in [0.15, 0.2) is 0 Å². The van der Waals surface area contributed by atoms with Gasteiger partial charge in [-0.05, 0) is 43.3 Å². The number of anilines is 2. The summed E-state index contributed by atoms with van der Waals surface area (Å²) in [5, 5.41) is 2.32. The number of halogens is 2. The molecule has 6 nitrogen and oxygen atoms in total. The minimum Gasteiger partial charge on any atom is -0.492 e. The standard InChI is InChI=1S/C16H16ClFN2O4S/c1-3-24-16-7-5-12(9-15(16)19-10(2)21)25(22,23)20-11-4-6-14(18)13(17)8-11/h4-9,20H,3H2,1-2H3,(H,19,21). The molecule has 134 valence electrons. The second-order valence-corrected chi connectivity index (χ2v) is 7.10. The van der Waals surface area contributed by atoms with Crippen LogP contribution >= 0.6 is 11.6 Å². The lowest BCUT2D eigenvalue weighted by molar-refractivity contribution is -0.114. The Balaban J connectivity index is 2.37. The first-order chi connectivity index (χ1) is 11.7. The lowest BCUT2D eigenvalue weighted by atomic mass is 10.3. The van der Waals surface area contributed by atoms with Gasteiger partial charge in [0.1, 0.15) is 11.6 Å². The maximum atomic E-state index is 13.2. The van der Waals surface area contributed by atoms with Crippen LogP contribution < -0.4 is 14.8 Å². The van der Waals surface area contributed by atoms with Gasteiger partial charge in [-0.25, -0.2) is 12.8 Å². The Morgan fingerprint density at radius 2 is 1.96 bits per heavy atom. The van der Waals surface area contributed by atoms with E-state index in [0.717, 1.165) is 12.1 Å². The molecule has 0 fully saturated rings. The molecular formula is C16H16ClFN2O4S. The molecule has 0 aliphatic carbocycles. The number of hydrogen-bond acceptors (Lipinski definition) is 4. The Morgan fingerprint density at radius 1 is 1.24 bits per heavy atom. The van der Waals surface area contributed by atoms with Crippen molar-refractivity contribution in [2.45, 2.75) is 18.7 Å². The van der Waals surface area contributed by atoms with Crippen molar-refractivity contribution >= 4 is 38.9 Å². The summed E-state index contributed by atoms with van der Waals surface area (Å²) in [5.41, 5.74) is 0.343. The SMILES string of the molecule is CCOc1ccc(S(=O)(=O)Nc2ccc(F)c(Cl)c2)cc1NC(C)=O. The number of nitrogens with one attached hydrogen (secondary N) is 2. The molecule has 1 amide bonds. The zero-order valence-corrected chi connectivity index (χ0v) is 15.0. The number of ether oxygens (including phenoxy) is 1. The summed E-state index contributed by atoms with van der Waals surface area (Å²) in [6.07, 6.45) is 0. The van der Waals surface area contributed by atoms with E-state index in [0.29, 0.717) is 12.4 Å². The van der Waals surface area contributed by atoms with Crippen LogP contribution in [-0.2, 0) is 14.8 Å². The zero-order chi connectivity index (χ0) is 18.6. The quantitative estimate of drug-likeness (QED) is 0.793. The molecule has 0 spiro atoms. The highest BCUT2D eigenvalue weighted by molar-refractivity contribution is 7.92. The summed E-state index contributed by atoms with van der Waals surface area (Å²) >= 11 is 5.65. The van der Waals surface area contributed by atoms with Gasteiger partial charge >= 0.3 is 0 Å². The fraction of sp³-hybridized carbons (Fsp3) is 0.188. The van der Waals surface area contributed by atoms with E-state index in [-0.39, 0.29) is 27.2 Å². The number of hydrogen-bond donors (Lipinski definition) is 2. The Bertz CT molecular complexity index is 903. The smallest absolute Gasteiger partial charge is 0.261 e. The average Bonchev–Trinajstić information content (AvgIpc) is 2.52. The molecule has 2 N–H and O–H groups in total.